The molecule has 1 N–H and O–H groups in total. The fourth-order valence-electron chi connectivity index (χ4n) is 1.76. The second kappa shape index (κ2) is 9.46. The molecule has 138 valence electrons. The first-order valence-corrected chi connectivity index (χ1v) is 7.95. The lowest BCUT2D eigenvalue weighted by molar-refractivity contribution is -0.143. The van der Waals surface area contributed by atoms with Gasteiger partial charge < -0.3 is 10.1 Å². The predicted octanol–water partition coefficient (Wildman–Crippen LogP) is 4.08. The second-order valence-electron chi connectivity index (χ2n) is 5.71. The van der Waals surface area contributed by atoms with E-state index in [0.29, 0.717) is 12.5 Å². The van der Waals surface area contributed by atoms with Crippen molar-refractivity contribution in [2.75, 3.05) is 13.2 Å². The third-order valence-corrected chi connectivity index (χ3v) is 3.43. The van der Waals surface area contributed by atoms with Crippen LogP contribution in [0.3, 0.4) is 0 Å². The molecule has 25 heavy (non-hydrogen) atoms. The Morgan fingerprint density at radius 1 is 1.32 bits per heavy atom. The zero-order valence-electron chi connectivity index (χ0n) is 13.8. The monoisotopic (exact) mass is 377 g/mol. The minimum Gasteiger partial charge on any atom is -0.452 e. The standard InChI is InChI=1S/C17H19ClF3NO3/c1-11(2)7-8-22-15(23)10-25-16(24)6-4-12-3-5-14(18)13(9-12)17(19,20)21/h3-6,9,11H,7-8,10H2,1-2H3,(H,22,23)/b6-4+. The third-order valence-electron chi connectivity index (χ3n) is 3.10. The molecule has 0 atom stereocenters. The number of carbonyl (C=O) groups is 2. The summed E-state index contributed by atoms with van der Waals surface area (Å²) in [5.41, 5.74) is -0.857. The Kier molecular flexibility index (Phi) is 7.96. The molecule has 0 heterocycles. The summed E-state index contributed by atoms with van der Waals surface area (Å²) < 4.78 is 43.0. The van der Waals surface area contributed by atoms with Gasteiger partial charge in [0.1, 0.15) is 0 Å². The van der Waals surface area contributed by atoms with E-state index >= 15 is 0 Å². The Labute approximate surface area is 149 Å². The van der Waals surface area contributed by atoms with Gasteiger partial charge >= 0.3 is 12.1 Å². The highest BCUT2D eigenvalue weighted by molar-refractivity contribution is 6.31. The molecule has 0 saturated heterocycles. The van der Waals surface area contributed by atoms with Crippen LogP contribution in [0.1, 0.15) is 31.4 Å². The Balaban J connectivity index is 2.53. The summed E-state index contributed by atoms with van der Waals surface area (Å²) >= 11 is 5.51. The van der Waals surface area contributed by atoms with Gasteiger partial charge in [-0.2, -0.15) is 13.2 Å². The van der Waals surface area contributed by atoms with Crippen LogP contribution in [0.2, 0.25) is 5.02 Å². The molecule has 1 aromatic rings. The van der Waals surface area contributed by atoms with Gasteiger partial charge in [0.2, 0.25) is 0 Å². The van der Waals surface area contributed by atoms with Crippen LogP contribution in [0, 0.1) is 5.92 Å². The topological polar surface area (TPSA) is 55.4 Å². The molecule has 0 spiro atoms. The van der Waals surface area contributed by atoms with Gasteiger partial charge in [0.15, 0.2) is 6.61 Å². The largest absolute Gasteiger partial charge is 0.452 e. The molecule has 1 rings (SSSR count). The number of rotatable bonds is 7. The molecule has 0 fully saturated rings. The molecule has 0 saturated carbocycles. The molecular formula is C17H19ClF3NO3. The molecule has 0 bridgehead atoms. The third kappa shape index (κ3) is 8.07. The van der Waals surface area contributed by atoms with Crippen molar-refractivity contribution in [1.29, 1.82) is 0 Å². The number of nitrogens with one attached hydrogen (secondary N) is 1. The van der Waals surface area contributed by atoms with E-state index in [9.17, 15) is 22.8 Å². The number of ether oxygens (including phenoxy) is 1. The van der Waals surface area contributed by atoms with Crippen molar-refractivity contribution in [3.8, 4) is 0 Å². The Morgan fingerprint density at radius 2 is 2.00 bits per heavy atom. The van der Waals surface area contributed by atoms with Crippen molar-refractivity contribution in [3.63, 3.8) is 0 Å². The summed E-state index contributed by atoms with van der Waals surface area (Å²) in [6.45, 7) is 4.06. The van der Waals surface area contributed by atoms with E-state index in [1.54, 1.807) is 0 Å². The van der Waals surface area contributed by atoms with Crippen LogP contribution in [0.5, 0.6) is 0 Å². The van der Waals surface area contributed by atoms with Gasteiger partial charge in [-0.3, -0.25) is 4.79 Å². The maximum atomic E-state index is 12.7. The van der Waals surface area contributed by atoms with Crippen LogP contribution in [0.15, 0.2) is 24.3 Å². The summed E-state index contributed by atoms with van der Waals surface area (Å²) in [4.78, 5) is 23.0. The van der Waals surface area contributed by atoms with Crippen LogP contribution in [0.4, 0.5) is 13.2 Å². The van der Waals surface area contributed by atoms with Gasteiger partial charge in [0.25, 0.3) is 5.91 Å². The number of benzene rings is 1. The van der Waals surface area contributed by atoms with Crippen molar-refractivity contribution >= 4 is 29.6 Å². The molecule has 1 amide bonds. The first kappa shape index (κ1) is 21.0. The average Bonchev–Trinajstić information content (AvgIpc) is 2.50. The van der Waals surface area contributed by atoms with Crippen LogP contribution in [0.25, 0.3) is 6.08 Å². The zero-order valence-corrected chi connectivity index (χ0v) is 14.6. The van der Waals surface area contributed by atoms with E-state index in [1.807, 2.05) is 13.8 Å². The molecule has 0 aliphatic rings. The van der Waals surface area contributed by atoms with Crippen LogP contribution < -0.4 is 5.32 Å². The number of halogens is 4. The van der Waals surface area contributed by atoms with Crippen molar-refractivity contribution in [3.05, 3.63) is 40.4 Å². The molecule has 0 aliphatic heterocycles. The van der Waals surface area contributed by atoms with E-state index in [4.69, 9.17) is 16.3 Å². The maximum absolute atomic E-state index is 12.7. The lowest BCUT2D eigenvalue weighted by atomic mass is 10.1. The molecular weight excluding hydrogens is 359 g/mol. The molecule has 0 radical (unpaired) electrons. The first-order chi connectivity index (χ1) is 11.6. The van der Waals surface area contributed by atoms with Gasteiger partial charge in [-0.1, -0.05) is 31.5 Å². The van der Waals surface area contributed by atoms with Gasteiger partial charge in [-0.25, -0.2) is 4.79 Å². The lowest BCUT2D eigenvalue weighted by Crippen LogP contribution is -2.29. The highest BCUT2D eigenvalue weighted by atomic mass is 35.5. The summed E-state index contributed by atoms with van der Waals surface area (Å²) in [7, 11) is 0. The number of esters is 1. The summed E-state index contributed by atoms with van der Waals surface area (Å²) in [6.07, 6.45) is -1.68. The summed E-state index contributed by atoms with van der Waals surface area (Å²) in [6, 6.07) is 3.25. The fraction of sp³-hybridized carbons (Fsp3) is 0.412. The van der Waals surface area contributed by atoms with Crippen LogP contribution >= 0.6 is 11.6 Å². The van der Waals surface area contributed by atoms with Crippen LogP contribution in [-0.2, 0) is 20.5 Å². The second-order valence-corrected chi connectivity index (χ2v) is 6.12. The normalized spacial score (nSPS) is 11.8. The highest BCUT2D eigenvalue weighted by Crippen LogP contribution is 2.35. The van der Waals surface area contributed by atoms with Gasteiger partial charge in [0.05, 0.1) is 10.6 Å². The van der Waals surface area contributed by atoms with Crippen molar-refractivity contribution in [1.82, 2.24) is 5.32 Å². The number of alkyl halides is 3. The highest BCUT2D eigenvalue weighted by Gasteiger charge is 2.33. The first-order valence-electron chi connectivity index (χ1n) is 7.58. The van der Waals surface area contributed by atoms with E-state index < -0.39 is 35.2 Å². The number of carbonyl (C=O) groups excluding carboxylic acids is 2. The molecule has 1 aromatic carbocycles. The Bertz CT molecular complexity index is 643. The van der Waals surface area contributed by atoms with Crippen molar-refractivity contribution in [2.24, 2.45) is 5.92 Å². The molecule has 8 heteroatoms. The van der Waals surface area contributed by atoms with E-state index in [0.717, 1.165) is 30.7 Å². The van der Waals surface area contributed by atoms with Gasteiger partial charge in [0, 0.05) is 12.6 Å². The van der Waals surface area contributed by atoms with E-state index in [2.05, 4.69) is 5.32 Å². The quantitative estimate of drug-likeness (QED) is 0.575. The number of hydrogen-bond donors (Lipinski definition) is 1. The predicted molar refractivity (Wildman–Crippen MR) is 88.9 cm³/mol. The van der Waals surface area contributed by atoms with Crippen LogP contribution in [-0.4, -0.2) is 25.0 Å². The molecule has 0 unspecified atom stereocenters. The average molecular weight is 378 g/mol. The molecule has 0 aliphatic carbocycles. The minimum atomic E-state index is -4.59. The number of hydrogen-bond acceptors (Lipinski definition) is 3. The summed E-state index contributed by atoms with van der Waals surface area (Å²) in [5, 5.41) is 2.17. The fourth-order valence-corrected chi connectivity index (χ4v) is 1.99. The van der Waals surface area contributed by atoms with Crippen molar-refractivity contribution in [2.45, 2.75) is 26.4 Å². The van der Waals surface area contributed by atoms with E-state index in [-0.39, 0.29) is 5.56 Å². The Hall–Kier alpha value is -2.02. The minimum absolute atomic E-state index is 0.134. The molecule has 4 nitrogen and oxygen atoms in total. The Morgan fingerprint density at radius 3 is 2.60 bits per heavy atom. The maximum Gasteiger partial charge on any atom is 0.417 e. The zero-order chi connectivity index (χ0) is 19.0. The van der Waals surface area contributed by atoms with Gasteiger partial charge in [-0.05, 0) is 36.1 Å². The molecule has 0 aromatic heterocycles. The lowest BCUT2D eigenvalue weighted by Gasteiger charge is -2.09. The SMILES string of the molecule is CC(C)CCNC(=O)COC(=O)/C=C/c1ccc(Cl)c(C(F)(F)F)c1. The smallest absolute Gasteiger partial charge is 0.417 e. The summed E-state index contributed by atoms with van der Waals surface area (Å²) in [5.74, 6) is -0.831. The number of amides is 1. The van der Waals surface area contributed by atoms with Crippen molar-refractivity contribution < 1.29 is 27.5 Å². The van der Waals surface area contributed by atoms with Gasteiger partial charge in [-0.15, -0.1) is 0 Å². The van der Waals surface area contributed by atoms with E-state index in [1.165, 1.54) is 6.07 Å².